The van der Waals surface area contributed by atoms with E-state index in [9.17, 15) is 34.6 Å². The molecule has 0 N–H and O–H groups in total. The van der Waals surface area contributed by atoms with Crippen LogP contribution < -0.4 is 0 Å². The Hall–Kier alpha value is -2.90. The summed E-state index contributed by atoms with van der Waals surface area (Å²) in [7, 11) is 0. The molecule has 1 saturated carbocycles. The minimum atomic E-state index is -1.02. The van der Waals surface area contributed by atoms with E-state index in [2.05, 4.69) is 31.9 Å². The van der Waals surface area contributed by atoms with Crippen molar-refractivity contribution in [2.75, 3.05) is 0 Å². The number of imide groups is 1. The number of carbonyl (C=O) groups excluding carboxylic acids is 3. The van der Waals surface area contributed by atoms with Gasteiger partial charge in [-0.2, -0.15) is 5.01 Å². The number of hydrazine groups is 1. The largest absolute Gasteiger partial charge is 0.282 e. The first-order valence-corrected chi connectivity index (χ1v) is 12.9. The smallest absolute Gasteiger partial charge is 0.272 e. The molecule has 1 heterocycles. The van der Waals surface area contributed by atoms with Crippen molar-refractivity contribution in [1.82, 2.24) is 10.0 Å². The summed E-state index contributed by atoms with van der Waals surface area (Å²) in [5.74, 6) is -3.72. The highest BCUT2D eigenvalue weighted by Gasteiger charge is 2.55. The lowest BCUT2D eigenvalue weighted by molar-refractivity contribution is -0.385. The molecule has 14 heteroatoms. The highest BCUT2D eigenvalue weighted by Crippen LogP contribution is 2.44. The van der Waals surface area contributed by atoms with Gasteiger partial charge in [0.25, 0.3) is 29.1 Å². The lowest BCUT2D eigenvalue weighted by atomic mass is 9.81. The fourth-order valence-electron chi connectivity index (χ4n) is 4.50. The first kappa shape index (κ1) is 26.2. The highest BCUT2D eigenvalue weighted by molar-refractivity contribution is 9.12. The predicted molar refractivity (Wildman–Crippen MR) is 135 cm³/mol. The minimum absolute atomic E-state index is 0.0106. The van der Waals surface area contributed by atoms with Crippen molar-refractivity contribution in [3.63, 3.8) is 0 Å². The summed E-state index contributed by atoms with van der Waals surface area (Å²) in [6.45, 7) is -0.565. The zero-order valence-electron chi connectivity index (χ0n) is 18.3. The molecule has 1 aliphatic heterocycles. The van der Waals surface area contributed by atoms with E-state index in [4.69, 9.17) is 11.6 Å². The van der Waals surface area contributed by atoms with Gasteiger partial charge in [0.2, 0.25) is 0 Å². The molecule has 2 fully saturated rings. The van der Waals surface area contributed by atoms with Crippen molar-refractivity contribution in [3.05, 3.63) is 78.8 Å². The summed E-state index contributed by atoms with van der Waals surface area (Å²) in [5, 5.41) is 24.8. The number of fused-ring (bicyclic) bond motifs is 1. The number of hydrogen-bond donors (Lipinski definition) is 0. The molecule has 4 rings (SSSR count). The topological polar surface area (TPSA) is 144 Å². The Kier molecular flexibility index (Phi) is 7.43. The van der Waals surface area contributed by atoms with Crippen molar-refractivity contribution in [3.8, 4) is 0 Å². The number of nitro groups is 2. The average Bonchev–Trinajstić information content (AvgIpc) is 3.07. The number of alkyl halides is 2. The summed E-state index contributed by atoms with van der Waals surface area (Å²) in [4.78, 5) is 62.2. The van der Waals surface area contributed by atoms with Crippen LogP contribution >= 0.6 is 43.5 Å². The Morgan fingerprint density at radius 1 is 0.972 bits per heavy atom. The molecular weight excluding hydrogens is 628 g/mol. The maximum atomic E-state index is 13.7. The summed E-state index contributed by atoms with van der Waals surface area (Å²) in [6.07, 6.45) is 0.659. The maximum Gasteiger partial charge on any atom is 0.282 e. The summed E-state index contributed by atoms with van der Waals surface area (Å²) in [5.41, 5.74) is -1.34. The lowest BCUT2D eigenvalue weighted by Crippen LogP contribution is -2.50. The van der Waals surface area contributed by atoms with Gasteiger partial charge in [-0.25, -0.2) is 5.01 Å². The molecule has 1 aliphatic carbocycles. The Bertz CT molecular complexity index is 1260. The van der Waals surface area contributed by atoms with Gasteiger partial charge in [0.1, 0.15) is 5.56 Å². The van der Waals surface area contributed by atoms with Gasteiger partial charge in [0.05, 0.1) is 33.8 Å². The van der Waals surface area contributed by atoms with E-state index in [1.165, 1.54) is 30.3 Å². The molecule has 36 heavy (non-hydrogen) atoms. The van der Waals surface area contributed by atoms with Gasteiger partial charge in [-0.05, 0) is 31.0 Å². The van der Waals surface area contributed by atoms with E-state index in [1.54, 1.807) is 0 Å². The third kappa shape index (κ3) is 4.74. The van der Waals surface area contributed by atoms with Gasteiger partial charge in [0, 0.05) is 26.8 Å². The van der Waals surface area contributed by atoms with Crippen molar-refractivity contribution in [2.24, 2.45) is 11.8 Å². The Balaban J connectivity index is 1.82. The monoisotopic (exact) mass is 642 g/mol. The van der Waals surface area contributed by atoms with E-state index in [-0.39, 0.29) is 25.8 Å². The number of hydrogen-bond acceptors (Lipinski definition) is 7. The molecule has 188 valence electrons. The van der Waals surface area contributed by atoms with Crippen LogP contribution in [0.4, 0.5) is 11.4 Å². The van der Waals surface area contributed by atoms with Crippen LogP contribution in [-0.2, 0) is 16.1 Å². The standard InChI is InChI=1S/C22H17Br2ClN4O7/c23-16-8-14-15(9-17(16)24)22(32)27(21(14)31)26(10-11-5-6-12(25)7-19(11)29(35)36)20(30)13-3-1-2-4-18(13)28(33)34/h1-7,14-17H,8-10H2/t14-,15-,16-,17+/m1/s1. The number of para-hydroxylation sites is 1. The van der Waals surface area contributed by atoms with Gasteiger partial charge in [-0.15, -0.1) is 0 Å². The zero-order valence-corrected chi connectivity index (χ0v) is 22.2. The fraction of sp³-hybridized carbons (Fsp3) is 0.318. The third-order valence-corrected chi connectivity index (χ3v) is 9.23. The molecule has 11 nitrogen and oxygen atoms in total. The van der Waals surface area contributed by atoms with Crippen LogP contribution in [0.2, 0.25) is 5.02 Å². The van der Waals surface area contributed by atoms with Crippen LogP contribution in [0.15, 0.2) is 42.5 Å². The molecule has 2 aliphatic rings. The molecule has 1 saturated heterocycles. The maximum absolute atomic E-state index is 13.7. The van der Waals surface area contributed by atoms with Crippen LogP contribution in [0, 0.1) is 32.1 Å². The van der Waals surface area contributed by atoms with Crippen molar-refractivity contribution < 1.29 is 24.2 Å². The van der Waals surface area contributed by atoms with Gasteiger partial charge in [-0.3, -0.25) is 34.6 Å². The second-order valence-electron chi connectivity index (χ2n) is 8.37. The number of benzene rings is 2. The average molecular weight is 645 g/mol. The molecule has 4 atom stereocenters. The van der Waals surface area contributed by atoms with Gasteiger partial charge >= 0.3 is 0 Å². The van der Waals surface area contributed by atoms with Gasteiger partial charge in [0.15, 0.2) is 0 Å². The van der Waals surface area contributed by atoms with E-state index >= 15 is 0 Å². The van der Waals surface area contributed by atoms with Crippen molar-refractivity contribution in [2.45, 2.75) is 29.0 Å². The molecular formula is C22H17Br2ClN4O7. The lowest BCUT2D eigenvalue weighted by Gasteiger charge is -2.30. The molecule has 0 spiro atoms. The summed E-state index contributed by atoms with van der Waals surface area (Å²) >= 11 is 12.9. The van der Waals surface area contributed by atoms with Crippen LogP contribution in [0.25, 0.3) is 0 Å². The third-order valence-electron chi connectivity index (χ3n) is 6.26. The minimum Gasteiger partial charge on any atom is -0.272 e. The quantitative estimate of drug-likeness (QED) is 0.193. The molecule has 0 radical (unpaired) electrons. The number of rotatable bonds is 6. The molecule has 3 amide bonds. The fourth-order valence-corrected chi connectivity index (χ4v) is 5.91. The van der Waals surface area contributed by atoms with Crippen molar-refractivity contribution >= 4 is 72.6 Å². The summed E-state index contributed by atoms with van der Waals surface area (Å²) in [6, 6.07) is 8.86. The van der Waals surface area contributed by atoms with Crippen LogP contribution in [0.5, 0.6) is 0 Å². The van der Waals surface area contributed by atoms with E-state index in [0.29, 0.717) is 17.9 Å². The Morgan fingerprint density at radius 2 is 1.53 bits per heavy atom. The molecule has 2 aromatic rings. The molecule has 0 bridgehead atoms. The number of halogens is 3. The van der Waals surface area contributed by atoms with Crippen molar-refractivity contribution in [1.29, 1.82) is 0 Å². The number of nitrogens with zero attached hydrogens (tertiary/aromatic N) is 4. The van der Waals surface area contributed by atoms with Gasteiger partial charge in [-0.1, -0.05) is 55.6 Å². The van der Waals surface area contributed by atoms with Crippen LogP contribution in [0.3, 0.4) is 0 Å². The second-order valence-corrected chi connectivity index (χ2v) is 11.2. The number of amides is 3. The first-order chi connectivity index (χ1) is 17.0. The van der Waals surface area contributed by atoms with E-state index in [1.807, 2.05) is 0 Å². The first-order valence-electron chi connectivity index (χ1n) is 10.6. The Morgan fingerprint density at radius 3 is 2.08 bits per heavy atom. The van der Waals surface area contributed by atoms with E-state index in [0.717, 1.165) is 17.1 Å². The molecule has 0 unspecified atom stereocenters. The number of nitro benzene ring substituents is 2. The SMILES string of the molecule is O=C(c1ccccc1[N+](=O)[O-])N(Cc1ccc(Cl)cc1[N+](=O)[O-])N1C(=O)[C@@H]2C[C@@H](Br)[C@@H](Br)C[C@H]2C1=O. The zero-order chi connectivity index (χ0) is 26.3. The number of carbonyl (C=O) groups is 3. The highest BCUT2D eigenvalue weighted by atomic mass is 79.9. The molecule has 0 aromatic heterocycles. The van der Waals surface area contributed by atoms with Crippen LogP contribution in [-0.4, -0.2) is 47.2 Å². The normalized spacial score (nSPS) is 23.4. The van der Waals surface area contributed by atoms with Crippen LogP contribution in [0.1, 0.15) is 28.8 Å². The van der Waals surface area contributed by atoms with E-state index < -0.39 is 57.3 Å². The van der Waals surface area contributed by atoms with Gasteiger partial charge < -0.3 is 0 Å². The second kappa shape index (κ2) is 10.2. The Labute approximate surface area is 225 Å². The predicted octanol–water partition coefficient (Wildman–Crippen LogP) is 4.64. The molecule has 2 aromatic carbocycles. The summed E-state index contributed by atoms with van der Waals surface area (Å²) < 4.78 is 0.